The Balaban J connectivity index is 1.61. The average molecular weight is 300 g/mol. The third kappa shape index (κ3) is 3.16. The number of rotatable bonds is 3. The lowest BCUT2D eigenvalue weighted by atomic mass is 9.88. The van der Waals surface area contributed by atoms with E-state index in [1.807, 2.05) is 31.2 Å². The van der Waals surface area contributed by atoms with Gasteiger partial charge in [0.15, 0.2) is 0 Å². The Labute approximate surface area is 131 Å². The van der Waals surface area contributed by atoms with E-state index in [9.17, 15) is 9.59 Å². The molecule has 0 unspecified atom stereocenters. The molecule has 1 atom stereocenters. The number of anilines is 1. The molecular weight excluding hydrogens is 276 g/mol. The zero-order chi connectivity index (χ0) is 15.5. The summed E-state index contributed by atoms with van der Waals surface area (Å²) in [6.45, 7) is 2.71. The summed E-state index contributed by atoms with van der Waals surface area (Å²) in [5, 5.41) is 2.98. The molecule has 4 nitrogen and oxygen atoms in total. The molecule has 1 saturated carbocycles. The first kappa shape index (κ1) is 15.1. The molecule has 4 heteroatoms. The first-order chi connectivity index (χ1) is 10.6. The Morgan fingerprint density at radius 1 is 1.09 bits per heavy atom. The van der Waals surface area contributed by atoms with Crippen LogP contribution in [-0.2, 0) is 9.59 Å². The molecule has 22 heavy (non-hydrogen) atoms. The van der Waals surface area contributed by atoms with Crippen molar-refractivity contribution in [2.45, 2.75) is 51.5 Å². The second-order valence-electron chi connectivity index (χ2n) is 6.51. The van der Waals surface area contributed by atoms with E-state index in [1.54, 1.807) is 4.90 Å². The van der Waals surface area contributed by atoms with Crippen LogP contribution in [-0.4, -0.2) is 24.4 Å². The summed E-state index contributed by atoms with van der Waals surface area (Å²) < 4.78 is 0. The molecule has 3 rings (SSSR count). The fourth-order valence-corrected chi connectivity index (χ4v) is 3.45. The zero-order valence-electron chi connectivity index (χ0n) is 13.2. The molecule has 1 aliphatic heterocycles. The highest BCUT2D eigenvalue weighted by Gasteiger charge is 2.35. The quantitative estimate of drug-likeness (QED) is 0.933. The smallest absolute Gasteiger partial charge is 0.249 e. The highest BCUT2D eigenvalue weighted by molar-refractivity contribution is 6.01. The van der Waals surface area contributed by atoms with Gasteiger partial charge in [-0.25, -0.2) is 0 Å². The summed E-state index contributed by atoms with van der Waals surface area (Å²) in [5.74, 6) is 0.201. The fraction of sp³-hybridized carbons (Fsp3) is 0.556. The van der Waals surface area contributed by atoms with E-state index in [0.717, 1.165) is 31.4 Å². The number of nitrogens with one attached hydrogen (secondary N) is 1. The number of carbonyl (C=O) groups excluding carboxylic acids is 2. The van der Waals surface area contributed by atoms with E-state index in [0.29, 0.717) is 13.0 Å². The van der Waals surface area contributed by atoms with Crippen molar-refractivity contribution in [3.05, 3.63) is 29.8 Å². The molecule has 1 aromatic carbocycles. The van der Waals surface area contributed by atoms with Crippen LogP contribution >= 0.6 is 0 Å². The van der Waals surface area contributed by atoms with Crippen LogP contribution in [0.15, 0.2) is 24.3 Å². The molecule has 1 aliphatic carbocycles. The third-order valence-electron chi connectivity index (χ3n) is 4.84. The van der Waals surface area contributed by atoms with E-state index in [2.05, 4.69) is 5.32 Å². The van der Waals surface area contributed by atoms with Crippen molar-refractivity contribution in [1.29, 1.82) is 0 Å². The predicted molar refractivity (Wildman–Crippen MR) is 86.7 cm³/mol. The van der Waals surface area contributed by atoms with Gasteiger partial charge in [-0.15, -0.1) is 0 Å². The minimum absolute atomic E-state index is 0.0213. The lowest BCUT2D eigenvalue weighted by Crippen LogP contribution is -2.44. The number of amides is 2. The van der Waals surface area contributed by atoms with Crippen molar-refractivity contribution in [1.82, 2.24) is 5.32 Å². The molecule has 2 aliphatic rings. The maximum Gasteiger partial charge on any atom is 0.249 e. The summed E-state index contributed by atoms with van der Waals surface area (Å²) in [7, 11) is 0. The van der Waals surface area contributed by atoms with Gasteiger partial charge in [-0.1, -0.05) is 37.0 Å². The first-order valence-electron chi connectivity index (χ1n) is 8.33. The maximum absolute atomic E-state index is 12.5. The largest absolute Gasteiger partial charge is 0.344 e. The topological polar surface area (TPSA) is 49.4 Å². The maximum atomic E-state index is 12.5. The normalized spacial score (nSPS) is 22.9. The van der Waals surface area contributed by atoms with Gasteiger partial charge < -0.3 is 10.2 Å². The van der Waals surface area contributed by atoms with Crippen LogP contribution < -0.4 is 10.2 Å². The van der Waals surface area contributed by atoms with Gasteiger partial charge in [0, 0.05) is 18.2 Å². The van der Waals surface area contributed by atoms with Gasteiger partial charge in [-0.2, -0.15) is 0 Å². The molecule has 0 spiro atoms. The zero-order valence-corrected chi connectivity index (χ0v) is 13.2. The van der Waals surface area contributed by atoms with Gasteiger partial charge in [-0.05, 0) is 38.3 Å². The van der Waals surface area contributed by atoms with Crippen LogP contribution in [0.25, 0.3) is 0 Å². The third-order valence-corrected chi connectivity index (χ3v) is 4.84. The number of hydrogen-bond donors (Lipinski definition) is 1. The molecule has 0 radical (unpaired) electrons. The van der Waals surface area contributed by atoms with Gasteiger partial charge in [-0.3, -0.25) is 9.59 Å². The molecule has 1 N–H and O–H groups in total. The molecule has 0 bridgehead atoms. The summed E-state index contributed by atoms with van der Waals surface area (Å²) >= 11 is 0. The molecule has 118 valence electrons. The predicted octanol–water partition coefficient (Wildman–Crippen LogP) is 2.80. The minimum Gasteiger partial charge on any atom is -0.344 e. The Hall–Kier alpha value is -1.84. The minimum atomic E-state index is -0.351. The van der Waals surface area contributed by atoms with E-state index >= 15 is 0 Å². The average Bonchev–Trinajstić information content (AvgIpc) is 2.90. The number of nitrogens with zero attached hydrogens (tertiary/aromatic N) is 1. The number of benzene rings is 1. The van der Waals surface area contributed by atoms with E-state index in [1.165, 1.54) is 12.0 Å². The van der Waals surface area contributed by atoms with Crippen LogP contribution in [0.1, 0.15) is 44.1 Å². The van der Waals surface area contributed by atoms with Gasteiger partial charge in [0.05, 0.1) is 0 Å². The lowest BCUT2D eigenvalue weighted by molar-refractivity contribution is -0.129. The van der Waals surface area contributed by atoms with Gasteiger partial charge in [0.1, 0.15) is 6.04 Å². The van der Waals surface area contributed by atoms with Crippen LogP contribution in [0.3, 0.4) is 0 Å². The number of carbonyl (C=O) groups is 2. The van der Waals surface area contributed by atoms with Crippen molar-refractivity contribution < 1.29 is 9.59 Å². The SMILES string of the molecule is Cc1ccc(N2CC[C@H](NC(=O)C3CCCCC3)C2=O)cc1. The molecule has 1 saturated heterocycles. The second-order valence-corrected chi connectivity index (χ2v) is 6.51. The molecular formula is C18H24N2O2. The summed E-state index contributed by atoms with van der Waals surface area (Å²) in [4.78, 5) is 26.6. The Morgan fingerprint density at radius 3 is 2.45 bits per heavy atom. The molecule has 2 fully saturated rings. The summed E-state index contributed by atoms with van der Waals surface area (Å²) in [6.07, 6.45) is 6.12. The second kappa shape index (κ2) is 6.51. The number of aryl methyl sites for hydroxylation is 1. The lowest BCUT2D eigenvalue weighted by Gasteiger charge is -2.23. The highest BCUT2D eigenvalue weighted by atomic mass is 16.2. The van der Waals surface area contributed by atoms with Crippen molar-refractivity contribution in [2.75, 3.05) is 11.4 Å². The van der Waals surface area contributed by atoms with Crippen molar-refractivity contribution in [3.63, 3.8) is 0 Å². The fourth-order valence-electron chi connectivity index (χ4n) is 3.45. The summed E-state index contributed by atoms with van der Waals surface area (Å²) in [6, 6.07) is 7.61. The highest BCUT2D eigenvalue weighted by Crippen LogP contribution is 2.25. The van der Waals surface area contributed by atoms with E-state index in [4.69, 9.17) is 0 Å². The van der Waals surface area contributed by atoms with E-state index < -0.39 is 0 Å². The van der Waals surface area contributed by atoms with Crippen molar-refractivity contribution in [3.8, 4) is 0 Å². The molecule has 1 aromatic rings. The standard InChI is InChI=1S/C18H24N2O2/c1-13-7-9-15(10-8-13)20-12-11-16(18(20)22)19-17(21)14-5-3-2-4-6-14/h7-10,14,16H,2-6,11-12H2,1H3,(H,19,21)/t16-/m0/s1. The Morgan fingerprint density at radius 2 is 1.77 bits per heavy atom. The van der Waals surface area contributed by atoms with Gasteiger partial charge >= 0.3 is 0 Å². The van der Waals surface area contributed by atoms with Crippen LogP contribution in [0.5, 0.6) is 0 Å². The van der Waals surface area contributed by atoms with Crippen LogP contribution in [0.2, 0.25) is 0 Å². The summed E-state index contributed by atoms with van der Waals surface area (Å²) in [5.41, 5.74) is 2.10. The molecule has 2 amide bonds. The molecule has 0 aromatic heterocycles. The van der Waals surface area contributed by atoms with Gasteiger partial charge in [0.2, 0.25) is 11.8 Å². The number of hydrogen-bond acceptors (Lipinski definition) is 2. The van der Waals surface area contributed by atoms with Gasteiger partial charge in [0.25, 0.3) is 0 Å². The van der Waals surface area contributed by atoms with Crippen LogP contribution in [0, 0.1) is 12.8 Å². The van der Waals surface area contributed by atoms with Crippen LogP contribution in [0.4, 0.5) is 5.69 Å². The first-order valence-corrected chi connectivity index (χ1v) is 8.33. The Bertz CT molecular complexity index is 547. The monoisotopic (exact) mass is 300 g/mol. The molecule has 1 heterocycles. The Kier molecular flexibility index (Phi) is 4.46. The van der Waals surface area contributed by atoms with Crippen molar-refractivity contribution >= 4 is 17.5 Å². The van der Waals surface area contributed by atoms with Crippen molar-refractivity contribution in [2.24, 2.45) is 5.92 Å². The van der Waals surface area contributed by atoms with E-state index in [-0.39, 0.29) is 23.8 Å².